The molecule has 0 aromatic rings. The lowest BCUT2D eigenvalue weighted by molar-refractivity contribution is 0.0253. The molecule has 1 aliphatic heterocycles. The van der Waals surface area contributed by atoms with E-state index in [4.69, 9.17) is 9.47 Å². The summed E-state index contributed by atoms with van der Waals surface area (Å²) in [5.74, 6) is -0.120. The van der Waals surface area contributed by atoms with Crippen LogP contribution in [0.25, 0.3) is 0 Å². The Morgan fingerprint density at radius 1 is 1.04 bits per heavy atom. The van der Waals surface area contributed by atoms with E-state index in [1.54, 1.807) is 25.7 Å². The number of nitrogens with one attached hydrogen (secondary N) is 1. The van der Waals surface area contributed by atoms with Gasteiger partial charge in [-0.15, -0.1) is 0 Å². The third kappa shape index (κ3) is 7.38. The molecule has 1 aliphatic rings. The van der Waals surface area contributed by atoms with Crippen molar-refractivity contribution in [3.8, 4) is 0 Å². The number of hydrogen-bond acceptors (Lipinski definition) is 5. The zero-order valence-electron chi connectivity index (χ0n) is 15.7. The lowest BCUT2D eigenvalue weighted by atomic mass is 9.96. The number of nitrogens with zero attached hydrogens (tertiary/aromatic N) is 1. The third-order valence-corrected chi connectivity index (χ3v) is 3.64. The van der Waals surface area contributed by atoms with Crippen molar-refractivity contribution in [1.82, 2.24) is 10.2 Å². The normalized spacial score (nSPS) is 22.5. The summed E-state index contributed by atoms with van der Waals surface area (Å²) in [5.41, 5.74) is -1.12. The highest BCUT2D eigenvalue weighted by molar-refractivity contribution is 5.69. The molecule has 0 spiro atoms. The zero-order valence-corrected chi connectivity index (χ0v) is 15.7. The first kappa shape index (κ1) is 20.5. The van der Waals surface area contributed by atoms with Crippen LogP contribution >= 0.6 is 0 Å². The van der Waals surface area contributed by atoms with E-state index in [9.17, 15) is 14.7 Å². The van der Waals surface area contributed by atoms with Gasteiger partial charge in [-0.25, -0.2) is 9.59 Å². The van der Waals surface area contributed by atoms with Crippen LogP contribution in [0.2, 0.25) is 0 Å². The molecule has 0 saturated carbocycles. The monoisotopic (exact) mass is 344 g/mol. The number of likely N-dealkylation sites (tertiary alicyclic amines) is 1. The van der Waals surface area contributed by atoms with Gasteiger partial charge in [0, 0.05) is 31.7 Å². The van der Waals surface area contributed by atoms with Gasteiger partial charge in [-0.2, -0.15) is 0 Å². The van der Waals surface area contributed by atoms with Crippen LogP contribution in [0.1, 0.15) is 54.4 Å². The zero-order chi connectivity index (χ0) is 18.5. The number of aliphatic hydroxyl groups is 1. The van der Waals surface area contributed by atoms with Crippen LogP contribution in [-0.2, 0) is 9.47 Å². The molecule has 140 valence electrons. The molecule has 0 unspecified atom stereocenters. The first-order valence-electron chi connectivity index (χ1n) is 8.49. The van der Waals surface area contributed by atoms with Crippen LogP contribution in [0.5, 0.6) is 0 Å². The van der Waals surface area contributed by atoms with E-state index in [0.717, 1.165) is 0 Å². The minimum Gasteiger partial charge on any atom is -0.444 e. The van der Waals surface area contributed by atoms with Crippen LogP contribution in [0.15, 0.2) is 0 Å². The molecule has 0 bridgehead atoms. The molecule has 1 fully saturated rings. The first-order chi connectivity index (χ1) is 10.9. The van der Waals surface area contributed by atoms with Crippen LogP contribution in [0.4, 0.5) is 9.59 Å². The van der Waals surface area contributed by atoms with Crippen molar-refractivity contribution in [1.29, 1.82) is 0 Å². The van der Waals surface area contributed by atoms with Gasteiger partial charge < -0.3 is 24.8 Å². The van der Waals surface area contributed by atoms with E-state index in [-0.39, 0.29) is 24.7 Å². The quantitative estimate of drug-likeness (QED) is 0.803. The van der Waals surface area contributed by atoms with Crippen molar-refractivity contribution in [3.05, 3.63) is 0 Å². The number of hydrogen-bond donors (Lipinski definition) is 2. The summed E-state index contributed by atoms with van der Waals surface area (Å²) in [6, 6.07) is -0.239. The maximum absolute atomic E-state index is 12.2. The number of amides is 2. The molecule has 0 aliphatic carbocycles. The Bertz CT molecular complexity index is 439. The minimum absolute atomic E-state index is 0.0530. The maximum Gasteiger partial charge on any atom is 0.410 e. The van der Waals surface area contributed by atoms with Crippen molar-refractivity contribution >= 4 is 12.2 Å². The highest BCUT2D eigenvalue weighted by Crippen LogP contribution is 2.20. The molecule has 1 saturated heterocycles. The molecule has 2 atom stereocenters. The van der Waals surface area contributed by atoms with E-state index < -0.39 is 17.3 Å². The van der Waals surface area contributed by atoms with Crippen molar-refractivity contribution in [2.24, 2.45) is 5.92 Å². The van der Waals surface area contributed by atoms with Gasteiger partial charge in [0.2, 0.25) is 0 Å². The van der Waals surface area contributed by atoms with Crippen LogP contribution in [-0.4, -0.2) is 59.1 Å². The van der Waals surface area contributed by atoms with Crippen LogP contribution in [0, 0.1) is 5.92 Å². The molecule has 24 heavy (non-hydrogen) atoms. The largest absolute Gasteiger partial charge is 0.444 e. The van der Waals surface area contributed by atoms with E-state index in [2.05, 4.69) is 5.32 Å². The summed E-state index contributed by atoms with van der Waals surface area (Å²) in [5, 5.41) is 12.4. The van der Waals surface area contributed by atoms with Gasteiger partial charge in [-0.1, -0.05) is 0 Å². The summed E-state index contributed by atoms with van der Waals surface area (Å²) >= 11 is 0. The van der Waals surface area contributed by atoms with Crippen LogP contribution in [0.3, 0.4) is 0 Å². The summed E-state index contributed by atoms with van der Waals surface area (Å²) in [7, 11) is 0. The molecule has 0 radical (unpaired) electrons. The Labute approximate surface area is 144 Å². The van der Waals surface area contributed by atoms with Gasteiger partial charge in [0.15, 0.2) is 0 Å². The highest BCUT2D eigenvalue weighted by Gasteiger charge is 2.31. The molecule has 2 N–H and O–H groups in total. The third-order valence-electron chi connectivity index (χ3n) is 3.64. The van der Waals surface area contributed by atoms with Gasteiger partial charge in [0.25, 0.3) is 0 Å². The van der Waals surface area contributed by atoms with Crippen molar-refractivity contribution in [3.63, 3.8) is 0 Å². The molecule has 1 heterocycles. The van der Waals surface area contributed by atoms with Gasteiger partial charge in [-0.3, -0.25) is 0 Å². The molecule has 1 rings (SSSR count). The maximum atomic E-state index is 12.2. The molecule has 0 aromatic heterocycles. The Morgan fingerprint density at radius 3 is 2.08 bits per heavy atom. The molecular weight excluding hydrogens is 312 g/mol. The van der Waals surface area contributed by atoms with Crippen LogP contribution < -0.4 is 5.32 Å². The smallest absolute Gasteiger partial charge is 0.410 e. The highest BCUT2D eigenvalue weighted by atomic mass is 16.6. The fourth-order valence-electron chi connectivity index (χ4n) is 2.54. The Kier molecular flexibility index (Phi) is 6.89. The Morgan fingerprint density at radius 2 is 1.58 bits per heavy atom. The fourth-order valence-corrected chi connectivity index (χ4v) is 2.54. The minimum atomic E-state index is -0.577. The standard InChI is InChI=1S/C17H32N2O5/c1-16(2,3)23-14(21)18-13-8-10-19(9-7-12(13)11-20)15(22)24-17(4,5)6/h12-13,20H,7-11H2,1-6H3,(H,18,21)/t12-,13-/m1/s1. The lowest BCUT2D eigenvalue weighted by Crippen LogP contribution is -2.44. The number of aliphatic hydroxyl groups excluding tert-OH is 1. The van der Waals surface area contributed by atoms with E-state index in [0.29, 0.717) is 25.9 Å². The second kappa shape index (κ2) is 8.05. The summed E-state index contributed by atoms with van der Waals surface area (Å²) in [4.78, 5) is 25.8. The van der Waals surface area contributed by atoms with Crippen molar-refractivity contribution in [2.75, 3.05) is 19.7 Å². The van der Waals surface area contributed by atoms with Gasteiger partial charge in [0.05, 0.1) is 0 Å². The van der Waals surface area contributed by atoms with Gasteiger partial charge in [0.1, 0.15) is 11.2 Å². The van der Waals surface area contributed by atoms with Crippen molar-refractivity contribution in [2.45, 2.75) is 71.6 Å². The Hall–Kier alpha value is -1.50. The molecular formula is C17H32N2O5. The molecule has 7 nitrogen and oxygen atoms in total. The number of rotatable bonds is 2. The number of carbonyl (C=O) groups is 2. The first-order valence-corrected chi connectivity index (χ1v) is 8.49. The Balaban J connectivity index is 2.66. The number of alkyl carbamates (subject to hydrolysis) is 1. The second-order valence-electron chi connectivity index (χ2n) is 8.24. The topological polar surface area (TPSA) is 88.1 Å². The molecule has 7 heteroatoms. The van der Waals surface area contributed by atoms with Crippen molar-refractivity contribution < 1.29 is 24.2 Å². The van der Waals surface area contributed by atoms with Gasteiger partial charge >= 0.3 is 12.2 Å². The van der Waals surface area contributed by atoms with E-state index in [1.165, 1.54) is 0 Å². The predicted octanol–water partition coefficient (Wildman–Crippen LogP) is 2.52. The summed E-state index contributed by atoms with van der Waals surface area (Å²) in [6.45, 7) is 11.8. The average molecular weight is 344 g/mol. The second-order valence-corrected chi connectivity index (χ2v) is 8.24. The number of carbonyl (C=O) groups excluding carboxylic acids is 2. The predicted molar refractivity (Wildman–Crippen MR) is 90.8 cm³/mol. The number of ether oxygens (including phenoxy) is 2. The average Bonchev–Trinajstić information content (AvgIpc) is 2.56. The van der Waals surface area contributed by atoms with E-state index in [1.807, 2.05) is 20.8 Å². The van der Waals surface area contributed by atoms with E-state index >= 15 is 0 Å². The summed E-state index contributed by atoms with van der Waals surface area (Å²) in [6.07, 6.45) is 0.272. The fraction of sp³-hybridized carbons (Fsp3) is 0.882. The SMILES string of the molecule is CC(C)(C)OC(=O)N[C@@H]1CCN(C(=O)OC(C)(C)C)CC[C@@H]1CO. The lowest BCUT2D eigenvalue weighted by Gasteiger charge is -2.27. The molecule has 0 aromatic carbocycles. The summed E-state index contributed by atoms with van der Waals surface area (Å²) < 4.78 is 10.7. The molecule has 2 amide bonds. The van der Waals surface area contributed by atoms with Gasteiger partial charge in [-0.05, 0) is 54.4 Å².